The highest BCUT2D eigenvalue weighted by Crippen LogP contribution is 2.27. The zero-order valence-corrected chi connectivity index (χ0v) is 14.3. The Balaban J connectivity index is 1.93. The molecule has 1 heterocycles. The zero-order valence-electron chi connectivity index (χ0n) is 12.7. The van der Waals surface area contributed by atoms with Crippen molar-refractivity contribution < 1.29 is 4.74 Å². The van der Waals surface area contributed by atoms with Crippen molar-refractivity contribution >= 4 is 15.9 Å². The van der Waals surface area contributed by atoms with E-state index in [1.807, 2.05) is 6.07 Å². The first-order valence-corrected chi connectivity index (χ1v) is 8.26. The first-order valence-electron chi connectivity index (χ1n) is 7.46. The SMILES string of the molecule is CCN(CC)C1CCN(Cc2ccc(OC)c(Br)c2)C1. The van der Waals surface area contributed by atoms with Gasteiger partial charge in [0.25, 0.3) is 0 Å². The molecule has 1 aliphatic rings. The second kappa shape index (κ2) is 7.43. The molecule has 0 amide bonds. The monoisotopic (exact) mass is 340 g/mol. The second-order valence-corrected chi connectivity index (χ2v) is 6.22. The number of halogens is 1. The van der Waals surface area contributed by atoms with E-state index in [1.165, 1.54) is 25.1 Å². The summed E-state index contributed by atoms with van der Waals surface area (Å²) < 4.78 is 6.32. The Hall–Kier alpha value is -0.580. The zero-order chi connectivity index (χ0) is 14.5. The summed E-state index contributed by atoms with van der Waals surface area (Å²) in [6, 6.07) is 7.10. The van der Waals surface area contributed by atoms with E-state index in [4.69, 9.17) is 4.74 Å². The topological polar surface area (TPSA) is 15.7 Å². The molecule has 3 nitrogen and oxygen atoms in total. The van der Waals surface area contributed by atoms with Gasteiger partial charge in [0.15, 0.2) is 0 Å². The molecule has 0 aromatic heterocycles. The second-order valence-electron chi connectivity index (χ2n) is 5.37. The molecule has 0 radical (unpaired) electrons. The average molecular weight is 341 g/mol. The summed E-state index contributed by atoms with van der Waals surface area (Å²) in [7, 11) is 1.70. The van der Waals surface area contributed by atoms with E-state index in [9.17, 15) is 0 Å². The lowest BCUT2D eigenvalue weighted by molar-refractivity contribution is 0.209. The molecule has 0 N–H and O–H groups in total. The predicted octanol–water partition coefficient (Wildman–Crippen LogP) is 3.37. The average Bonchev–Trinajstić information content (AvgIpc) is 2.89. The Morgan fingerprint density at radius 3 is 2.70 bits per heavy atom. The molecule has 1 saturated heterocycles. The van der Waals surface area contributed by atoms with Crippen LogP contribution in [0.1, 0.15) is 25.8 Å². The van der Waals surface area contributed by atoms with E-state index >= 15 is 0 Å². The molecule has 1 atom stereocenters. The molecule has 1 fully saturated rings. The molecule has 0 aliphatic carbocycles. The number of methoxy groups -OCH3 is 1. The number of nitrogens with zero attached hydrogens (tertiary/aromatic N) is 2. The molecular weight excluding hydrogens is 316 g/mol. The quantitative estimate of drug-likeness (QED) is 0.789. The van der Waals surface area contributed by atoms with Crippen LogP contribution in [0.5, 0.6) is 5.75 Å². The first-order chi connectivity index (χ1) is 9.67. The fourth-order valence-corrected chi connectivity index (χ4v) is 3.65. The summed E-state index contributed by atoms with van der Waals surface area (Å²) in [4.78, 5) is 5.13. The van der Waals surface area contributed by atoms with Crippen LogP contribution in [0, 0.1) is 0 Å². The van der Waals surface area contributed by atoms with Crippen molar-refractivity contribution in [2.24, 2.45) is 0 Å². The highest BCUT2D eigenvalue weighted by Gasteiger charge is 2.25. The third-order valence-electron chi connectivity index (χ3n) is 4.20. The molecule has 1 aromatic carbocycles. The molecular formula is C16H25BrN2O. The van der Waals surface area contributed by atoms with Gasteiger partial charge in [0.05, 0.1) is 11.6 Å². The number of benzene rings is 1. The maximum Gasteiger partial charge on any atom is 0.133 e. The summed E-state index contributed by atoms with van der Waals surface area (Å²) >= 11 is 3.56. The Morgan fingerprint density at radius 1 is 1.35 bits per heavy atom. The lowest BCUT2D eigenvalue weighted by Gasteiger charge is -2.26. The molecule has 0 bridgehead atoms. The number of likely N-dealkylation sites (N-methyl/N-ethyl adjacent to an activating group) is 1. The highest BCUT2D eigenvalue weighted by atomic mass is 79.9. The summed E-state index contributed by atoms with van der Waals surface area (Å²) in [5.74, 6) is 0.899. The van der Waals surface area contributed by atoms with Gasteiger partial charge in [0.2, 0.25) is 0 Å². The van der Waals surface area contributed by atoms with Gasteiger partial charge >= 0.3 is 0 Å². The molecule has 0 saturated carbocycles. The normalized spacial score (nSPS) is 19.8. The Bertz CT molecular complexity index is 434. The van der Waals surface area contributed by atoms with Gasteiger partial charge in [0, 0.05) is 25.7 Å². The molecule has 4 heteroatoms. The molecule has 1 aromatic rings. The van der Waals surface area contributed by atoms with Crippen molar-refractivity contribution in [3.8, 4) is 5.75 Å². The number of hydrogen-bond donors (Lipinski definition) is 0. The van der Waals surface area contributed by atoms with Crippen molar-refractivity contribution in [3.63, 3.8) is 0 Å². The van der Waals surface area contributed by atoms with Crippen LogP contribution >= 0.6 is 15.9 Å². The van der Waals surface area contributed by atoms with Gasteiger partial charge in [-0.05, 0) is 53.1 Å². The van der Waals surface area contributed by atoms with E-state index in [2.05, 4.69) is 51.7 Å². The summed E-state index contributed by atoms with van der Waals surface area (Å²) in [5, 5.41) is 0. The van der Waals surface area contributed by atoms with Crippen LogP contribution in [-0.2, 0) is 6.54 Å². The van der Waals surface area contributed by atoms with Gasteiger partial charge in [0.1, 0.15) is 5.75 Å². The Kier molecular flexibility index (Phi) is 5.87. The minimum Gasteiger partial charge on any atom is -0.496 e. The van der Waals surface area contributed by atoms with E-state index < -0.39 is 0 Å². The standard InChI is InChI=1S/C16H25BrN2O/c1-4-19(5-2)14-8-9-18(12-14)11-13-6-7-16(20-3)15(17)10-13/h6-7,10,14H,4-5,8-9,11-12H2,1-3H3. The summed E-state index contributed by atoms with van der Waals surface area (Å²) in [6.45, 7) is 10.2. The van der Waals surface area contributed by atoms with Gasteiger partial charge in [-0.1, -0.05) is 19.9 Å². The predicted molar refractivity (Wildman–Crippen MR) is 87.3 cm³/mol. The van der Waals surface area contributed by atoms with Crippen molar-refractivity contribution in [2.75, 3.05) is 33.3 Å². The van der Waals surface area contributed by atoms with Gasteiger partial charge in [-0.3, -0.25) is 9.80 Å². The summed E-state index contributed by atoms with van der Waals surface area (Å²) in [5.41, 5.74) is 1.35. The van der Waals surface area contributed by atoms with Gasteiger partial charge < -0.3 is 4.74 Å². The van der Waals surface area contributed by atoms with Crippen LogP contribution in [0.25, 0.3) is 0 Å². The smallest absolute Gasteiger partial charge is 0.133 e. The van der Waals surface area contributed by atoms with Crippen LogP contribution in [0.15, 0.2) is 22.7 Å². The Morgan fingerprint density at radius 2 is 2.10 bits per heavy atom. The Labute approximate surface area is 131 Å². The van der Waals surface area contributed by atoms with Gasteiger partial charge in [-0.25, -0.2) is 0 Å². The first kappa shape index (κ1) is 15.8. The van der Waals surface area contributed by atoms with Crippen molar-refractivity contribution in [1.29, 1.82) is 0 Å². The fourth-order valence-electron chi connectivity index (χ4n) is 3.06. The summed E-state index contributed by atoms with van der Waals surface area (Å²) in [6.07, 6.45) is 1.29. The molecule has 112 valence electrons. The lowest BCUT2D eigenvalue weighted by Crippen LogP contribution is -2.37. The highest BCUT2D eigenvalue weighted by molar-refractivity contribution is 9.10. The van der Waals surface area contributed by atoms with Crippen molar-refractivity contribution in [2.45, 2.75) is 32.9 Å². The van der Waals surface area contributed by atoms with Gasteiger partial charge in [-0.2, -0.15) is 0 Å². The molecule has 20 heavy (non-hydrogen) atoms. The number of rotatable bonds is 6. The van der Waals surface area contributed by atoms with Crippen LogP contribution in [0.4, 0.5) is 0 Å². The fraction of sp³-hybridized carbons (Fsp3) is 0.625. The van der Waals surface area contributed by atoms with Crippen molar-refractivity contribution in [1.82, 2.24) is 9.80 Å². The van der Waals surface area contributed by atoms with E-state index in [0.717, 1.165) is 35.9 Å². The van der Waals surface area contributed by atoms with Crippen molar-refractivity contribution in [3.05, 3.63) is 28.2 Å². The van der Waals surface area contributed by atoms with Crippen LogP contribution in [-0.4, -0.2) is 49.1 Å². The largest absolute Gasteiger partial charge is 0.496 e. The van der Waals surface area contributed by atoms with E-state index in [1.54, 1.807) is 7.11 Å². The number of hydrogen-bond acceptors (Lipinski definition) is 3. The minimum absolute atomic E-state index is 0.728. The van der Waals surface area contributed by atoms with Crippen LogP contribution in [0.2, 0.25) is 0 Å². The maximum atomic E-state index is 5.28. The van der Waals surface area contributed by atoms with Crippen LogP contribution in [0.3, 0.4) is 0 Å². The third-order valence-corrected chi connectivity index (χ3v) is 4.82. The van der Waals surface area contributed by atoms with E-state index in [0.29, 0.717) is 0 Å². The lowest BCUT2D eigenvalue weighted by atomic mass is 10.2. The molecule has 2 rings (SSSR count). The number of likely N-dealkylation sites (tertiary alicyclic amines) is 1. The minimum atomic E-state index is 0.728. The van der Waals surface area contributed by atoms with E-state index in [-0.39, 0.29) is 0 Å². The molecule has 1 unspecified atom stereocenters. The molecule has 1 aliphatic heterocycles. The number of ether oxygens (including phenoxy) is 1. The van der Waals surface area contributed by atoms with Gasteiger partial charge in [-0.15, -0.1) is 0 Å². The molecule has 0 spiro atoms. The van der Waals surface area contributed by atoms with Crippen LogP contribution < -0.4 is 4.74 Å². The third kappa shape index (κ3) is 3.74. The maximum absolute atomic E-state index is 5.28.